The summed E-state index contributed by atoms with van der Waals surface area (Å²) in [6, 6.07) is 9.72. The number of hydrogen-bond acceptors (Lipinski definition) is 5. The smallest absolute Gasteiger partial charge is 0.274 e. The summed E-state index contributed by atoms with van der Waals surface area (Å²) in [5.41, 5.74) is 0.455. The van der Waals surface area contributed by atoms with Crippen LogP contribution in [0.5, 0.6) is 5.75 Å². The Morgan fingerprint density at radius 3 is 2.59 bits per heavy atom. The van der Waals surface area contributed by atoms with E-state index < -0.39 is 17.8 Å². The van der Waals surface area contributed by atoms with E-state index in [1.54, 1.807) is 36.7 Å². The summed E-state index contributed by atoms with van der Waals surface area (Å²) >= 11 is 0. The third kappa shape index (κ3) is 3.66. The normalized spacial score (nSPS) is 16.6. The molecule has 2 aromatic heterocycles. The molecule has 1 unspecified atom stereocenters. The number of benzene rings is 2. The highest BCUT2D eigenvalue weighted by Gasteiger charge is 2.31. The molecular formula is C25H24F2N4O3. The van der Waals surface area contributed by atoms with Crippen LogP contribution >= 0.6 is 0 Å². The van der Waals surface area contributed by atoms with Gasteiger partial charge in [-0.05, 0) is 38.5 Å². The van der Waals surface area contributed by atoms with Crippen LogP contribution < -0.4 is 10.3 Å². The number of ether oxygens (including phenoxy) is 1. The highest BCUT2D eigenvalue weighted by molar-refractivity contribution is 5.85. The van der Waals surface area contributed by atoms with Crippen LogP contribution in [0.3, 0.4) is 0 Å². The van der Waals surface area contributed by atoms with Crippen molar-refractivity contribution in [2.75, 3.05) is 0 Å². The first-order valence-corrected chi connectivity index (χ1v) is 11.0. The van der Waals surface area contributed by atoms with Crippen LogP contribution in [-0.2, 0) is 12.1 Å². The topological polar surface area (TPSA) is 82.2 Å². The van der Waals surface area contributed by atoms with E-state index in [0.29, 0.717) is 29.8 Å². The van der Waals surface area contributed by atoms with E-state index in [1.165, 1.54) is 25.4 Å². The van der Waals surface area contributed by atoms with E-state index in [-0.39, 0.29) is 28.4 Å². The van der Waals surface area contributed by atoms with Crippen molar-refractivity contribution in [1.82, 2.24) is 19.3 Å². The van der Waals surface area contributed by atoms with Gasteiger partial charge in [0.05, 0.1) is 16.9 Å². The molecule has 1 aliphatic heterocycles. The average Bonchev–Trinajstić information content (AvgIpc) is 3.32. The lowest BCUT2D eigenvalue weighted by Gasteiger charge is -2.19. The van der Waals surface area contributed by atoms with Gasteiger partial charge in [0.2, 0.25) is 6.36 Å². The van der Waals surface area contributed by atoms with Gasteiger partial charge in [-0.2, -0.15) is 0 Å². The number of halogens is 2. The largest absolute Gasteiger partial charge is 0.460 e. The molecule has 176 valence electrons. The van der Waals surface area contributed by atoms with E-state index in [0.717, 1.165) is 5.56 Å². The molecule has 1 aliphatic rings. The molecule has 0 saturated carbocycles. The highest BCUT2D eigenvalue weighted by atomic mass is 19.1. The quantitative estimate of drug-likeness (QED) is 0.474. The molecular weight excluding hydrogens is 442 g/mol. The standard InChI is InChI=1S/C25H24F2N4O3/c1-14(26)34-22-7-5-4-6-16(22)20-8-9-30-23(32)18-10-19(27)17(11-21(18)31(20)30)15-12-28-24(29-13-15)25(2,3)33/h4-7,10-14,20,33H,8-9H2,1-3H3/t14?,20-/m1/s1. The van der Waals surface area contributed by atoms with Gasteiger partial charge in [0.15, 0.2) is 5.82 Å². The summed E-state index contributed by atoms with van der Waals surface area (Å²) < 4.78 is 37.5. The predicted molar refractivity (Wildman–Crippen MR) is 123 cm³/mol. The molecule has 2 aromatic carbocycles. The molecule has 0 spiro atoms. The van der Waals surface area contributed by atoms with Gasteiger partial charge in [-0.1, -0.05) is 18.2 Å². The van der Waals surface area contributed by atoms with Crippen molar-refractivity contribution in [2.24, 2.45) is 0 Å². The summed E-state index contributed by atoms with van der Waals surface area (Å²) in [5, 5.41) is 10.4. The lowest BCUT2D eigenvalue weighted by atomic mass is 10.0. The fraction of sp³-hybridized carbons (Fsp3) is 0.320. The molecule has 7 nitrogen and oxygen atoms in total. The molecule has 0 amide bonds. The molecule has 0 fully saturated rings. The first kappa shape index (κ1) is 22.2. The van der Waals surface area contributed by atoms with E-state index >= 15 is 4.39 Å². The van der Waals surface area contributed by atoms with Crippen LogP contribution in [0.1, 0.15) is 44.6 Å². The Balaban J connectivity index is 1.66. The van der Waals surface area contributed by atoms with Gasteiger partial charge in [-0.3, -0.25) is 9.48 Å². The summed E-state index contributed by atoms with van der Waals surface area (Å²) in [5.74, 6) is 0.0567. The van der Waals surface area contributed by atoms with Gasteiger partial charge in [-0.25, -0.2) is 23.4 Å². The molecule has 3 heterocycles. The van der Waals surface area contributed by atoms with Crippen molar-refractivity contribution in [3.63, 3.8) is 0 Å². The van der Waals surface area contributed by atoms with Crippen LogP contribution in [0.15, 0.2) is 53.6 Å². The molecule has 0 bridgehead atoms. The van der Waals surface area contributed by atoms with Crippen LogP contribution in [0.2, 0.25) is 0 Å². The summed E-state index contributed by atoms with van der Waals surface area (Å²) in [7, 11) is 0. The Hall–Kier alpha value is -3.59. The molecule has 2 atom stereocenters. The van der Waals surface area contributed by atoms with Crippen LogP contribution in [-0.4, -0.2) is 30.8 Å². The zero-order chi connectivity index (χ0) is 24.2. The second kappa shape index (κ2) is 8.02. The van der Waals surface area contributed by atoms with Crippen LogP contribution in [0, 0.1) is 5.82 Å². The Morgan fingerprint density at radius 1 is 1.21 bits per heavy atom. The fourth-order valence-corrected chi connectivity index (χ4v) is 4.53. The van der Waals surface area contributed by atoms with Crippen molar-refractivity contribution in [3.8, 4) is 16.9 Å². The number of alkyl halides is 1. The Bertz CT molecular complexity index is 1440. The van der Waals surface area contributed by atoms with Gasteiger partial charge < -0.3 is 9.84 Å². The third-order valence-electron chi connectivity index (χ3n) is 6.04. The molecule has 9 heteroatoms. The third-order valence-corrected chi connectivity index (χ3v) is 6.04. The lowest BCUT2D eigenvalue weighted by molar-refractivity contribution is 0.0687. The van der Waals surface area contributed by atoms with E-state index in [9.17, 15) is 14.3 Å². The van der Waals surface area contributed by atoms with Gasteiger partial charge >= 0.3 is 0 Å². The maximum atomic E-state index is 15.1. The van der Waals surface area contributed by atoms with Gasteiger partial charge in [0.1, 0.15) is 17.2 Å². The van der Waals surface area contributed by atoms with E-state index in [1.807, 2.05) is 16.8 Å². The number of hydrogen-bond donors (Lipinski definition) is 1. The zero-order valence-corrected chi connectivity index (χ0v) is 19.0. The zero-order valence-electron chi connectivity index (χ0n) is 19.0. The van der Waals surface area contributed by atoms with Gasteiger partial charge in [-0.15, -0.1) is 0 Å². The molecule has 4 aromatic rings. The molecule has 5 rings (SSSR count). The molecule has 34 heavy (non-hydrogen) atoms. The van der Waals surface area contributed by atoms with Crippen molar-refractivity contribution < 1.29 is 18.6 Å². The first-order valence-electron chi connectivity index (χ1n) is 11.0. The molecule has 0 saturated heterocycles. The SMILES string of the molecule is CC(F)Oc1ccccc1[C@H]1CCn2c(=O)c3cc(F)c(-c4cnc(C(C)(C)O)nc4)cc3n21. The van der Waals surface area contributed by atoms with Gasteiger partial charge in [0.25, 0.3) is 5.56 Å². The second-order valence-electron chi connectivity index (χ2n) is 8.98. The predicted octanol–water partition coefficient (Wildman–Crippen LogP) is 4.31. The van der Waals surface area contributed by atoms with Gasteiger partial charge in [0, 0.05) is 42.6 Å². The second-order valence-corrected chi connectivity index (χ2v) is 8.98. The number of nitrogens with zero attached hydrogens (tertiary/aromatic N) is 4. The molecule has 0 radical (unpaired) electrons. The summed E-state index contributed by atoms with van der Waals surface area (Å²) in [6.45, 7) is 4.89. The Labute approximate surface area is 194 Å². The monoisotopic (exact) mass is 466 g/mol. The first-order chi connectivity index (χ1) is 16.1. The Morgan fingerprint density at radius 2 is 1.91 bits per heavy atom. The van der Waals surface area contributed by atoms with Crippen LogP contribution in [0.25, 0.3) is 22.0 Å². The minimum Gasteiger partial charge on any atom is -0.460 e. The van der Waals surface area contributed by atoms with E-state index in [4.69, 9.17) is 4.74 Å². The number of rotatable bonds is 5. The molecule has 1 N–H and O–H groups in total. The molecule has 0 aliphatic carbocycles. The van der Waals surface area contributed by atoms with Crippen molar-refractivity contribution >= 4 is 10.9 Å². The van der Waals surface area contributed by atoms with Crippen molar-refractivity contribution in [1.29, 1.82) is 0 Å². The van der Waals surface area contributed by atoms with E-state index in [2.05, 4.69) is 9.97 Å². The number of para-hydroxylation sites is 1. The van der Waals surface area contributed by atoms with Crippen molar-refractivity contribution in [2.45, 2.75) is 51.7 Å². The van der Waals surface area contributed by atoms with Crippen molar-refractivity contribution in [3.05, 3.63) is 76.4 Å². The summed E-state index contributed by atoms with van der Waals surface area (Å²) in [4.78, 5) is 21.4. The number of aliphatic hydroxyl groups is 1. The lowest BCUT2D eigenvalue weighted by Crippen LogP contribution is -2.19. The Kier molecular flexibility index (Phi) is 5.24. The number of fused-ring (bicyclic) bond motifs is 3. The fourth-order valence-electron chi connectivity index (χ4n) is 4.53. The average molecular weight is 466 g/mol. The highest BCUT2D eigenvalue weighted by Crippen LogP contribution is 2.38. The minimum atomic E-state index is -1.49. The minimum absolute atomic E-state index is 0.220. The van der Waals surface area contributed by atoms with Crippen LogP contribution in [0.4, 0.5) is 8.78 Å². The number of aromatic nitrogens is 4. The maximum absolute atomic E-state index is 15.1. The summed E-state index contributed by atoms with van der Waals surface area (Å²) in [6.07, 6.45) is 2.03. The maximum Gasteiger partial charge on any atom is 0.274 e.